The molecule has 1 aromatic rings. The van der Waals surface area contributed by atoms with E-state index in [1.807, 2.05) is 13.0 Å². The summed E-state index contributed by atoms with van der Waals surface area (Å²) in [5, 5.41) is 9.35. The van der Waals surface area contributed by atoms with Gasteiger partial charge in [0.2, 0.25) is 5.91 Å². The van der Waals surface area contributed by atoms with Crippen LogP contribution in [0.15, 0.2) is 29.3 Å². The molecule has 1 amide bonds. The van der Waals surface area contributed by atoms with Crippen molar-refractivity contribution in [3.05, 3.63) is 35.4 Å². The Morgan fingerprint density at radius 3 is 2.73 bits per heavy atom. The minimum absolute atomic E-state index is 0.0657. The zero-order chi connectivity index (χ0) is 16.4. The Kier molecular flexibility index (Phi) is 8.04. The van der Waals surface area contributed by atoms with Gasteiger partial charge < -0.3 is 16.0 Å². The zero-order valence-corrected chi connectivity index (χ0v) is 14.1. The smallest absolute Gasteiger partial charge is 0.221 e. The van der Waals surface area contributed by atoms with Crippen LogP contribution in [0.1, 0.15) is 37.8 Å². The number of hydrogen-bond donors (Lipinski definition) is 3. The Balaban J connectivity index is 2.30. The van der Waals surface area contributed by atoms with Crippen LogP contribution in [-0.4, -0.2) is 31.5 Å². The van der Waals surface area contributed by atoms with Crippen molar-refractivity contribution in [3.63, 3.8) is 0 Å². The van der Waals surface area contributed by atoms with E-state index < -0.39 is 0 Å². The van der Waals surface area contributed by atoms with Gasteiger partial charge in [0, 0.05) is 32.6 Å². The van der Waals surface area contributed by atoms with Crippen LogP contribution in [0, 0.1) is 6.92 Å². The number of carbonyl (C=O) groups is 1. The molecule has 0 saturated heterocycles. The van der Waals surface area contributed by atoms with E-state index in [-0.39, 0.29) is 11.9 Å². The van der Waals surface area contributed by atoms with E-state index in [1.165, 1.54) is 11.1 Å². The first kappa shape index (κ1) is 18.0. The van der Waals surface area contributed by atoms with Crippen molar-refractivity contribution in [2.24, 2.45) is 4.99 Å². The summed E-state index contributed by atoms with van der Waals surface area (Å²) >= 11 is 0. The lowest BCUT2D eigenvalue weighted by Gasteiger charge is -2.14. The summed E-state index contributed by atoms with van der Waals surface area (Å²) in [6, 6.07) is 8.56. The normalized spacial score (nSPS) is 12.6. The monoisotopic (exact) mass is 304 g/mol. The number of nitrogens with one attached hydrogen (secondary N) is 3. The average Bonchev–Trinajstić information content (AvgIpc) is 2.50. The Hall–Kier alpha value is -2.04. The van der Waals surface area contributed by atoms with Gasteiger partial charge in [0.1, 0.15) is 0 Å². The standard InChI is InChI=1S/C17H28N4O/c1-5-14(3)21-16(22)9-10-19-17(18-4)20-12-15-8-6-7-13(2)11-15/h6-8,11,14H,5,9-10,12H2,1-4H3,(H,21,22)(H2,18,19,20). The maximum atomic E-state index is 11.7. The summed E-state index contributed by atoms with van der Waals surface area (Å²) in [6.45, 7) is 7.41. The van der Waals surface area contributed by atoms with Crippen LogP contribution in [0.2, 0.25) is 0 Å². The Morgan fingerprint density at radius 2 is 2.09 bits per heavy atom. The molecule has 0 aromatic heterocycles. The molecule has 22 heavy (non-hydrogen) atoms. The van der Waals surface area contributed by atoms with Crippen LogP contribution in [-0.2, 0) is 11.3 Å². The van der Waals surface area contributed by atoms with E-state index in [2.05, 4.69) is 53.0 Å². The fourth-order valence-electron chi connectivity index (χ4n) is 1.97. The second-order valence-electron chi connectivity index (χ2n) is 5.47. The number of amides is 1. The molecule has 0 aliphatic carbocycles. The lowest BCUT2D eigenvalue weighted by atomic mass is 10.1. The maximum absolute atomic E-state index is 11.7. The molecule has 122 valence electrons. The zero-order valence-electron chi connectivity index (χ0n) is 14.1. The Morgan fingerprint density at radius 1 is 1.32 bits per heavy atom. The van der Waals surface area contributed by atoms with Gasteiger partial charge in [-0.05, 0) is 25.8 Å². The lowest BCUT2D eigenvalue weighted by molar-refractivity contribution is -0.121. The number of rotatable bonds is 7. The quantitative estimate of drug-likeness (QED) is 0.533. The molecule has 3 N–H and O–H groups in total. The highest BCUT2D eigenvalue weighted by Crippen LogP contribution is 2.02. The number of aryl methyl sites for hydroxylation is 1. The molecule has 0 fully saturated rings. The minimum atomic E-state index is 0.0657. The Labute approximate surface area is 133 Å². The average molecular weight is 304 g/mol. The van der Waals surface area contributed by atoms with Gasteiger partial charge >= 0.3 is 0 Å². The van der Waals surface area contributed by atoms with E-state index in [0.717, 1.165) is 6.42 Å². The van der Waals surface area contributed by atoms with Crippen molar-refractivity contribution in [1.29, 1.82) is 0 Å². The van der Waals surface area contributed by atoms with Crippen molar-refractivity contribution < 1.29 is 4.79 Å². The van der Waals surface area contributed by atoms with Crippen molar-refractivity contribution in [1.82, 2.24) is 16.0 Å². The van der Waals surface area contributed by atoms with E-state index in [0.29, 0.717) is 25.5 Å². The third-order valence-corrected chi connectivity index (χ3v) is 3.43. The third kappa shape index (κ3) is 7.11. The summed E-state index contributed by atoms with van der Waals surface area (Å²) in [5.41, 5.74) is 2.45. The van der Waals surface area contributed by atoms with Gasteiger partial charge in [-0.2, -0.15) is 0 Å². The van der Waals surface area contributed by atoms with Crippen LogP contribution in [0.4, 0.5) is 0 Å². The highest BCUT2D eigenvalue weighted by atomic mass is 16.1. The predicted octanol–water partition coefficient (Wildman–Crippen LogP) is 1.96. The van der Waals surface area contributed by atoms with Gasteiger partial charge in [0.15, 0.2) is 5.96 Å². The molecule has 1 unspecified atom stereocenters. The fourth-order valence-corrected chi connectivity index (χ4v) is 1.97. The molecular formula is C17H28N4O. The molecule has 0 radical (unpaired) electrons. The maximum Gasteiger partial charge on any atom is 0.221 e. The van der Waals surface area contributed by atoms with Crippen LogP contribution in [0.5, 0.6) is 0 Å². The van der Waals surface area contributed by atoms with Crippen molar-refractivity contribution in [2.45, 2.75) is 46.2 Å². The number of aliphatic imine (C=N–C) groups is 1. The molecular weight excluding hydrogens is 276 g/mol. The van der Waals surface area contributed by atoms with Crippen LogP contribution in [0.25, 0.3) is 0 Å². The van der Waals surface area contributed by atoms with Gasteiger partial charge in [-0.3, -0.25) is 9.79 Å². The highest BCUT2D eigenvalue weighted by Gasteiger charge is 2.05. The number of nitrogens with zero attached hydrogens (tertiary/aromatic N) is 1. The molecule has 0 saturated carbocycles. The minimum Gasteiger partial charge on any atom is -0.356 e. The van der Waals surface area contributed by atoms with E-state index in [4.69, 9.17) is 0 Å². The van der Waals surface area contributed by atoms with Gasteiger partial charge in [-0.25, -0.2) is 0 Å². The molecule has 5 nitrogen and oxygen atoms in total. The van der Waals surface area contributed by atoms with Gasteiger partial charge in [0.25, 0.3) is 0 Å². The first-order valence-electron chi connectivity index (χ1n) is 7.84. The summed E-state index contributed by atoms with van der Waals surface area (Å²) in [4.78, 5) is 15.8. The van der Waals surface area contributed by atoms with E-state index >= 15 is 0 Å². The van der Waals surface area contributed by atoms with Crippen LogP contribution >= 0.6 is 0 Å². The summed E-state index contributed by atoms with van der Waals surface area (Å²) in [6.07, 6.45) is 1.38. The molecule has 1 atom stereocenters. The third-order valence-electron chi connectivity index (χ3n) is 3.43. The van der Waals surface area contributed by atoms with Crippen molar-refractivity contribution in [3.8, 4) is 0 Å². The first-order valence-corrected chi connectivity index (χ1v) is 7.84. The van der Waals surface area contributed by atoms with Crippen LogP contribution < -0.4 is 16.0 Å². The second-order valence-corrected chi connectivity index (χ2v) is 5.47. The molecule has 0 aliphatic heterocycles. The van der Waals surface area contributed by atoms with Gasteiger partial charge in [0.05, 0.1) is 0 Å². The number of carbonyl (C=O) groups excluding carboxylic acids is 1. The number of hydrogen-bond acceptors (Lipinski definition) is 2. The molecule has 0 aliphatic rings. The molecule has 1 aromatic carbocycles. The van der Waals surface area contributed by atoms with Crippen molar-refractivity contribution >= 4 is 11.9 Å². The lowest BCUT2D eigenvalue weighted by Crippen LogP contribution is -2.40. The van der Waals surface area contributed by atoms with Gasteiger partial charge in [-0.1, -0.05) is 36.8 Å². The Bertz CT molecular complexity index is 499. The van der Waals surface area contributed by atoms with Crippen LogP contribution in [0.3, 0.4) is 0 Å². The molecule has 1 rings (SSSR count). The SMILES string of the molecule is CCC(C)NC(=O)CCNC(=NC)NCc1cccc(C)c1. The van der Waals surface area contributed by atoms with E-state index in [9.17, 15) is 4.79 Å². The highest BCUT2D eigenvalue weighted by molar-refractivity contribution is 5.81. The molecule has 5 heteroatoms. The summed E-state index contributed by atoms with van der Waals surface area (Å²) in [7, 11) is 1.73. The van der Waals surface area contributed by atoms with Gasteiger partial charge in [-0.15, -0.1) is 0 Å². The topological polar surface area (TPSA) is 65.5 Å². The predicted molar refractivity (Wildman–Crippen MR) is 91.9 cm³/mol. The largest absolute Gasteiger partial charge is 0.356 e. The molecule has 0 spiro atoms. The summed E-state index contributed by atoms with van der Waals surface area (Å²) < 4.78 is 0. The second kappa shape index (κ2) is 9.82. The van der Waals surface area contributed by atoms with E-state index in [1.54, 1.807) is 7.05 Å². The molecule has 0 heterocycles. The first-order chi connectivity index (χ1) is 10.5. The number of guanidine groups is 1. The number of benzene rings is 1. The van der Waals surface area contributed by atoms with Crippen molar-refractivity contribution in [2.75, 3.05) is 13.6 Å². The summed E-state index contributed by atoms with van der Waals surface area (Å²) in [5.74, 6) is 0.772. The molecule has 0 bridgehead atoms. The fraction of sp³-hybridized carbons (Fsp3) is 0.529.